The second kappa shape index (κ2) is 15.7. The number of nitrogens with one attached hydrogen (secondary N) is 1. The molecule has 0 radical (unpaired) electrons. The summed E-state index contributed by atoms with van der Waals surface area (Å²) in [6.45, 7) is 5.87. The van der Waals surface area contributed by atoms with Gasteiger partial charge < -0.3 is 34.3 Å². The summed E-state index contributed by atoms with van der Waals surface area (Å²) in [5.41, 5.74) is -3.07. The number of aromatic nitrogens is 3. The highest BCUT2D eigenvalue weighted by Crippen LogP contribution is 2.44. The van der Waals surface area contributed by atoms with Crippen molar-refractivity contribution >= 4 is 35.6 Å². The van der Waals surface area contributed by atoms with E-state index in [1.165, 1.54) is 11.1 Å². The van der Waals surface area contributed by atoms with Gasteiger partial charge in [0.1, 0.15) is 35.1 Å². The lowest BCUT2D eigenvalue weighted by atomic mass is 9.88. The van der Waals surface area contributed by atoms with Crippen LogP contribution >= 0.6 is 11.8 Å². The maximum absolute atomic E-state index is 14.1. The van der Waals surface area contributed by atoms with Gasteiger partial charge in [-0.1, -0.05) is 5.21 Å². The van der Waals surface area contributed by atoms with Crippen LogP contribution in [0.4, 0.5) is 13.2 Å². The number of rotatable bonds is 11. The maximum atomic E-state index is 14.1. The van der Waals surface area contributed by atoms with Crippen molar-refractivity contribution in [3.05, 3.63) is 35.8 Å². The molecule has 18 heteroatoms. The van der Waals surface area contributed by atoms with E-state index in [1.807, 2.05) is 0 Å². The fourth-order valence-corrected chi connectivity index (χ4v) is 7.21. The number of nitrogens with zero attached hydrogens (tertiary/aromatic N) is 4. The Morgan fingerprint density at radius 3 is 2.25 bits per heavy atom. The fraction of sp³-hybridized carbons (Fsp3) is 0.600. The number of carbonyl (C=O) groups is 4. The zero-order valence-electron chi connectivity index (χ0n) is 27.0. The van der Waals surface area contributed by atoms with Gasteiger partial charge in [0.2, 0.25) is 5.91 Å². The molecular weight excluding hydrogens is 663 g/mol. The van der Waals surface area contributed by atoms with Gasteiger partial charge in [0.05, 0.1) is 11.8 Å². The highest BCUT2D eigenvalue weighted by Gasteiger charge is 2.55. The van der Waals surface area contributed by atoms with E-state index in [-0.39, 0.29) is 24.1 Å². The van der Waals surface area contributed by atoms with Crippen LogP contribution in [-0.4, -0.2) is 117 Å². The SMILES string of the molecule is CCN(C)C(=O)C(S[C@@H]1O[C@H](COC(C)=O)[C@H](OC(C)=O)[C@H](n2cc(-c3cc(F)c(F)c(F)c3)nn2)[C@H]1OC(C)=O)C1(O)CCNCC1. The number of amides is 1. The van der Waals surface area contributed by atoms with Crippen LogP contribution in [0.15, 0.2) is 18.3 Å². The monoisotopic (exact) mass is 701 g/mol. The number of esters is 3. The van der Waals surface area contributed by atoms with E-state index in [4.69, 9.17) is 18.9 Å². The topological polar surface area (TPSA) is 171 Å². The predicted molar refractivity (Wildman–Crippen MR) is 163 cm³/mol. The molecule has 1 aromatic heterocycles. The van der Waals surface area contributed by atoms with Gasteiger partial charge in [-0.25, -0.2) is 17.9 Å². The Bertz CT molecular complexity index is 1480. The first-order valence-corrected chi connectivity index (χ1v) is 16.1. The van der Waals surface area contributed by atoms with Crippen molar-refractivity contribution in [2.75, 3.05) is 33.3 Å². The number of aliphatic hydroxyl groups is 1. The van der Waals surface area contributed by atoms with E-state index in [0.29, 0.717) is 31.8 Å². The van der Waals surface area contributed by atoms with Crippen LogP contribution in [0.25, 0.3) is 11.3 Å². The number of piperidine rings is 1. The lowest BCUT2D eigenvalue weighted by Gasteiger charge is -2.47. The number of thioether (sulfide) groups is 1. The first-order valence-electron chi connectivity index (χ1n) is 15.2. The average Bonchev–Trinajstić information content (AvgIpc) is 3.51. The molecule has 2 aliphatic heterocycles. The summed E-state index contributed by atoms with van der Waals surface area (Å²) in [7, 11) is 1.58. The third-order valence-corrected chi connectivity index (χ3v) is 9.63. The normalized spacial score (nSPS) is 24.3. The molecule has 264 valence electrons. The second-order valence-electron chi connectivity index (χ2n) is 11.5. The molecule has 2 aromatic rings. The lowest BCUT2D eigenvalue weighted by Crippen LogP contribution is -2.60. The minimum Gasteiger partial charge on any atom is -0.463 e. The Morgan fingerprint density at radius 1 is 1.08 bits per heavy atom. The summed E-state index contributed by atoms with van der Waals surface area (Å²) in [6, 6.07) is 0.140. The first kappa shape index (κ1) is 37.1. The van der Waals surface area contributed by atoms with E-state index in [0.717, 1.165) is 37.2 Å². The zero-order chi connectivity index (χ0) is 35.3. The van der Waals surface area contributed by atoms with Crippen molar-refractivity contribution in [3.63, 3.8) is 0 Å². The van der Waals surface area contributed by atoms with Crippen LogP contribution in [0.1, 0.15) is 46.6 Å². The van der Waals surface area contributed by atoms with Crippen LogP contribution < -0.4 is 5.32 Å². The molecule has 1 aromatic carbocycles. The summed E-state index contributed by atoms with van der Waals surface area (Å²) in [5, 5.41) is 21.9. The average molecular weight is 702 g/mol. The minimum atomic E-state index is -1.68. The Labute approximate surface area is 278 Å². The molecule has 2 fully saturated rings. The third-order valence-electron chi connectivity index (χ3n) is 8.07. The van der Waals surface area contributed by atoms with E-state index in [9.17, 15) is 37.5 Å². The molecule has 48 heavy (non-hydrogen) atoms. The minimum absolute atomic E-state index is 0.121. The largest absolute Gasteiger partial charge is 0.463 e. The van der Waals surface area contributed by atoms with E-state index in [1.54, 1.807) is 14.0 Å². The summed E-state index contributed by atoms with van der Waals surface area (Å²) < 4.78 is 65.9. The van der Waals surface area contributed by atoms with Crippen LogP contribution in [-0.2, 0) is 38.1 Å². The molecule has 2 aliphatic rings. The molecule has 0 aliphatic carbocycles. The number of carbonyl (C=O) groups excluding carboxylic acids is 4. The molecule has 2 saturated heterocycles. The Kier molecular flexibility index (Phi) is 12.1. The van der Waals surface area contributed by atoms with Crippen LogP contribution in [0.3, 0.4) is 0 Å². The molecule has 1 amide bonds. The number of halogens is 3. The highest BCUT2D eigenvalue weighted by molar-refractivity contribution is 8.01. The number of benzene rings is 1. The first-order chi connectivity index (χ1) is 22.6. The highest BCUT2D eigenvalue weighted by atomic mass is 32.2. The molecular formula is C30H38F3N5O9S. The number of hydrogen-bond donors (Lipinski definition) is 2. The fourth-order valence-electron chi connectivity index (χ4n) is 5.58. The molecule has 1 unspecified atom stereocenters. The molecule has 3 heterocycles. The van der Waals surface area contributed by atoms with Crippen LogP contribution in [0, 0.1) is 17.5 Å². The van der Waals surface area contributed by atoms with Crippen molar-refractivity contribution in [2.45, 2.75) is 81.2 Å². The predicted octanol–water partition coefficient (Wildman–Crippen LogP) is 1.75. The summed E-state index contributed by atoms with van der Waals surface area (Å²) in [4.78, 5) is 52.0. The summed E-state index contributed by atoms with van der Waals surface area (Å²) in [6.07, 6.45) is -2.35. The quantitative estimate of drug-likeness (QED) is 0.198. The smallest absolute Gasteiger partial charge is 0.303 e. The van der Waals surface area contributed by atoms with Crippen LogP contribution in [0.5, 0.6) is 0 Å². The Morgan fingerprint density at radius 2 is 1.69 bits per heavy atom. The maximum Gasteiger partial charge on any atom is 0.303 e. The van der Waals surface area contributed by atoms with Gasteiger partial charge in [-0.3, -0.25) is 19.2 Å². The summed E-state index contributed by atoms with van der Waals surface area (Å²) >= 11 is 0.887. The second-order valence-corrected chi connectivity index (χ2v) is 12.8. The van der Waals surface area contributed by atoms with Crippen molar-refractivity contribution in [1.29, 1.82) is 0 Å². The van der Waals surface area contributed by atoms with Crippen molar-refractivity contribution < 1.29 is 56.4 Å². The van der Waals surface area contributed by atoms with Gasteiger partial charge in [0, 0.05) is 39.9 Å². The third kappa shape index (κ3) is 8.45. The Hall–Kier alpha value is -3.74. The number of hydrogen-bond acceptors (Lipinski definition) is 13. The Balaban J connectivity index is 1.85. The van der Waals surface area contributed by atoms with Crippen LogP contribution in [0.2, 0.25) is 0 Å². The van der Waals surface area contributed by atoms with Gasteiger partial charge in [-0.05, 0) is 45.0 Å². The van der Waals surface area contributed by atoms with Gasteiger partial charge >= 0.3 is 17.9 Å². The van der Waals surface area contributed by atoms with Gasteiger partial charge in [-0.15, -0.1) is 16.9 Å². The van der Waals surface area contributed by atoms with Gasteiger partial charge in [0.15, 0.2) is 29.7 Å². The van der Waals surface area contributed by atoms with Crippen molar-refractivity contribution in [1.82, 2.24) is 25.2 Å². The van der Waals surface area contributed by atoms with E-state index >= 15 is 0 Å². The van der Waals surface area contributed by atoms with Gasteiger partial charge in [0.25, 0.3) is 0 Å². The molecule has 14 nitrogen and oxygen atoms in total. The lowest BCUT2D eigenvalue weighted by molar-refractivity contribution is -0.212. The molecule has 0 spiro atoms. The van der Waals surface area contributed by atoms with E-state index < -0.39 is 88.5 Å². The number of ether oxygens (including phenoxy) is 4. The van der Waals surface area contributed by atoms with E-state index in [2.05, 4.69) is 15.6 Å². The molecule has 6 atom stereocenters. The zero-order valence-corrected chi connectivity index (χ0v) is 27.8. The van der Waals surface area contributed by atoms with Gasteiger partial charge in [-0.2, -0.15) is 0 Å². The standard InChI is InChI=1S/C30H38F3N5O9S/c1-6-37(5)28(42)27(30(43)7-9-34-10-8-30)48-29-26(46-17(4)41)24(25(45-16(3)40)22(47-29)14-44-15(2)39)38-13-21(35-36-38)18-11-19(31)23(33)20(32)12-18/h11-13,22,24-27,29,34,43H,6-10,14H2,1-5H3/t22-,24+,25+,26-,27?,29+/m1/s1. The molecule has 0 saturated carbocycles. The molecule has 4 rings (SSSR count). The van der Waals surface area contributed by atoms with Crippen molar-refractivity contribution in [3.8, 4) is 11.3 Å². The molecule has 0 bridgehead atoms. The summed E-state index contributed by atoms with van der Waals surface area (Å²) in [5.74, 6) is -7.31. The van der Waals surface area contributed by atoms with Crippen molar-refractivity contribution in [2.24, 2.45) is 0 Å². The molecule has 2 N–H and O–H groups in total.